The Bertz CT molecular complexity index is 1570. The van der Waals surface area contributed by atoms with E-state index in [2.05, 4.69) is 20.9 Å². The molecule has 44 heavy (non-hydrogen) atoms. The number of nitrogens with one attached hydrogen (secondary N) is 4. The Morgan fingerprint density at radius 1 is 0.727 bits per heavy atom. The van der Waals surface area contributed by atoms with Crippen LogP contribution in [0, 0.1) is 0 Å². The van der Waals surface area contributed by atoms with Crippen molar-refractivity contribution in [1.29, 1.82) is 0 Å². The molecule has 1 heterocycles. The Labute approximate surface area is 254 Å². The Morgan fingerprint density at radius 3 is 1.86 bits per heavy atom. The predicted molar refractivity (Wildman–Crippen MR) is 165 cm³/mol. The zero-order chi connectivity index (χ0) is 31.6. The third-order valence-corrected chi connectivity index (χ3v) is 7.33. The number of carbonyl (C=O) groups is 4. The molecule has 0 bridgehead atoms. The first-order valence-electron chi connectivity index (χ1n) is 14.3. The van der Waals surface area contributed by atoms with Crippen molar-refractivity contribution >= 4 is 34.6 Å². The number of amides is 3. The zero-order valence-electron chi connectivity index (χ0n) is 24.3. The molecule has 3 aromatic carbocycles. The van der Waals surface area contributed by atoms with Crippen molar-refractivity contribution in [1.82, 2.24) is 20.9 Å². The van der Waals surface area contributed by atoms with Crippen molar-refractivity contribution in [3.8, 4) is 0 Å². The van der Waals surface area contributed by atoms with Gasteiger partial charge in [-0.1, -0.05) is 78.9 Å². The van der Waals surface area contributed by atoms with E-state index in [0.717, 1.165) is 22.0 Å². The van der Waals surface area contributed by atoms with Crippen LogP contribution in [0.1, 0.15) is 23.6 Å². The fourth-order valence-corrected chi connectivity index (χ4v) is 4.94. The minimum atomic E-state index is -1.59. The Kier molecular flexibility index (Phi) is 10.8. The van der Waals surface area contributed by atoms with Crippen LogP contribution in [0.3, 0.4) is 0 Å². The van der Waals surface area contributed by atoms with Crippen LogP contribution in [-0.2, 0) is 38.4 Å². The minimum Gasteiger partial charge on any atom is -0.480 e. The quantitative estimate of drug-likeness (QED) is 0.114. The standard InChI is InChI=1S/C33H37N5O6/c1-20(39)29(33(43)44)38-32(42)27(17-22-12-6-3-7-13-22)37-31(41)28(18-23-19-35-26-15-9-8-14-24(23)26)36-30(40)25(34)16-21-10-4-2-5-11-21/h2-15,19-20,25,27-29,35,39H,16-18,34H2,1H3,(H,36,40)(H,37,41)(H,38,42)(H,43,44). The Morgan fingerprint density at radius 2 is 1.25 bits per heavy atom. The molecule has 5 unspecified atom stereocenters. The molecule has 0 radical (unpaired) electrons. The number of carboxylic acids is 1. The maximum Gasteiger partial charge on any atom is 0.328 e. The van der Waals surface area contributed by atoms with Crippen molar-refractivity contribution in [3.63, 3.8) is 0 Å². The van der Waals surface area contributed by atoms with E-state index < -0.39 is 54.0 Å². The summed E-state index contributed by atoms with van der Waals surface area (Å²) in [5.41, 5.74) is 9.42. The molecule has 4 rings (SSSR count). The number of aliphatic hydroxyl groups is 1. The molecule has 0 saturated heterocycles. The normalized spacial score (nSPS) is 14.5. The smallest absolute Gasteiger partial charge is 0.328 e. The van der Waals surface area contributed by atoms with E-state index in [9.17, 15) is 29.4 Å². The van der Waals surface area contributed by atoms with Gasteiger partial charge in [0.25, 0.3) is 0 Å². The number of aromatic nitrogens is 1. The highest BCUT2D eigenvalue weighted by molar-refractivity contribution is 5.95. The van der Waals surface area contributed by atoms with Crippen LogP contribution in [0.15, 0.2) is 91.1 Å². The van der Waals surface area contributed by atoms with Gasteiger partial charge in [-0.25, -0.2) is 4.79 Å². The average Bonchev–Trinajstić information content (AvgIpc) is 3.42. The number of hydrogen-bond acceptors (Lipinski definition) is 6. The van der Waals surface area contributed by atoms with Gasteiger partial charge in [-0.3, -0.25) is 14.4 Å². The number of rotatable bonds is 14. The third kappa shape index (κ3) is 8.52. The molecular weight excluding hydrogens is 562 g/mol. The van der Waals surface area contributed by atoms with Gasteiger partial charge in [0, 0.05) is 29.9 Å². The second-order valence-corrected chi connectivity index (χ2v) is 10.7. The fourth-order valence-electron chi connectivity index (χ4n) is 4.94. The highest BCUT2D eigenvalue weighted by Gasteiger charge is 2.32. The largest absolute Gasteiger partial charge is 0.480 e. The van der Waals surface area contributed by atoms with Gasteiger partial charge >= 0.3 is 5.97 Å². The van der Waals surface area contributed by atoms with E-state index in [0.29, 0.717) is 5.56 Å². The second kappa shape index (κ2) is 14.9. The number of aliphatic hydroxyl groups excluding tert-OH is 1. The molecule has 0 fully saturated rings. The zero-order valence-corrected chi connectivity index (χ0v) is 24.3. The summed E-state index contributed by atoms with van der Waals surface area (Å²) < 4.78 is 0. The molecule has 4 aromatic rings. The molecule has 11 nitrogen and oxygen atoms in total. The van der Waals surface area contributed by atoms with Crippen LogP contribution in [0.5, 0.6) is 0 Å². The van der Waals surface area contributed by atoms with Crippen molar-refractivity contribution in [3.05, 3.63) is 108 Å². The molecule has 8 N–H and O–H groups in total. The first-order valence-corrected chi connectivity index (χ1v) is 14.3. The number of fused-ring (bicyclic) bond motifs is 1. The summed E-state index contributed by atoms with van der Waals surface area (Å²) >= 11 is 0. The third-order valence-electron chi connectivity index (χ3n) is 7.33. The summed E-state index contributed by atoms with van der Waals surface area (Å²) in [4.78, 5) is 55.3. The molecule has 5 atom stereocenters. The molecule has 0 aliphatic carbocycles. The van der Waals surface area contributed by atoms with E-state index in [-0.39, 0.29) is 19.3 Å². The van der Waals surface area contributed by atoms with Gasteiger partial charge in [-0.05, 0) is 36.1 Å². The van der Waals surface area contributed by atoms with Crippen molar-refractivity contribution in [2.75, 3.05) is 0 Å². The van der Waals surface area contributed by atoms with E-state index in [4.69, 9.17) is 5.73 Å². The number of carbonyl (C=O) groups excluding carboxylic acids is 3. The van der Waals surface area contributed by atoms with Gasteiger partial charge in [0.15, 0.2) is 6.04 Å². The van der Waals surface area contributed by atoms with Gasteiger partial charge in [-0.2, -0.15) is 0 Å². The van der Waals surface area contributed by atoms with Crippen molar-refractivity contribution in [2.24, 2.45) is 5.73 Å². The molecule has 0 aliphatic rings. The number of aromatic amines is 1. The highest BCUT2D eigenvalue weighted by atomic mass is 16.4. The first-order chi connectivity index (χ1) is 21.1. The number of H-pyrrole nitrogens is 1. The lowest BCUT2D eigenvalue weighted by atomic mass is 10.0. The van der Waals surface area contributed by atoms with Crippen LogP contribution >= 0.6 is 0 Å². The van der Waals surface area contributed by atoms with E-state index in [1.807, 2.05) is 54.6 Å². The number of aliphatic carboxylic acids is 1. The topological polar surface area (TPSA) is 187 Å². The number of carboxylic acid groups (broad SMARTS) is 1. The lowest BCUT2D eigenvalue weighted by Gasteiger charge is -2.26. The maximum atomic E-state index is 13.9. The summed E-state index contributed by atoms with van der Waals surface area (Å²) in [6.45, 7) is 1.25. The number of nitrogens with two attached hydrogens (primary N) is 1. The van der Waals surface area contributed by atoms with Gasteiger partial charge in [0.05, 0.1) is 12.1 Å². The molecule has 11 heteroatoms. The average molecular weight is 600 g/mol. The van der Waals surface area contributed by atoms with Crippen LogP contribution in [0.2, 0.25) is 0 Å². The van der Waals surface area contributed by atoms with Crippen molar-refractivity contribution < 1.29 is 29.4 Å². The van der Waals surface area contributed by atoms with E-state index in [1.165, 1.54) is 6.92 Å². The molecule has 3 amide bonds. The number of para-hydroxylation sites is 1. The van der Waals surface area contributed by atoms with E-state index >= 15 is 0 Å². The van der Waals surface area contributed by atoms with Gasteiger partial charge in [0.2, 0.25) is 17.7 Å². The highest BCUT2D eigenvalue weighted by Crippen LogP contribution is 2.19. The van der Waals surface area contributed by atoms with Gasteiger partial charge in [0.1, 0.15) is 12.1 Å². The second-order valence-electron chi connectivity index (χ2n) is 10.7. The molecular formula is C33H37N5O6. The molecule has 0 spiro atoms. The van der Waals surface area contributed by atoms with Crippen molar-refractivity contribution in [2.45, 2.75) is 56.5 Å². The molecule has 1 aromatic heterocycles. The monoisotopic (exact) mass is 599 g/mol. The maximum absolute atomic E-state index is 13.9. The number of hydrogen-bond donors (Lipinski definition) is 7. The molecule has 230 valence electrons. The van der Waals surface area contributed by atoms with Crippen LogP contribution in [-0.4, -0.2) is 69.2 Å². The Balaban J connectivity index is 1.59. The fraction of sp³-hybridized carbons (Fsp3) is 0.273. The van der Waals surface area contributed by atoms with E-state index in [1.54, 1.807) is 36.5 Å². The SMILES string of the molecule is CC(O)C(NC(=O)C(Cc1ccccc1)NC(=O)C(Cc1c[nH]c2ccccc12)NC(=O)C(N)Cc1ccccc1)C(=O)O. The van der Waals surface area contributed by atoms with Crippen LogP contribution in [0.4, 0.5) is 0 Å². The van der Waals surface area contributed by atoms with Crippen LogP contribution in [0.25, 0.3) is 10.9 Å². The summed E-state index contributed by atoms with van der Waals surface area (Å²) in [6.07, 6.45) is 0.749. The summed E-state index contributed by atoms with van der Waals surface area (Å²) in [5.74, 6) is -3.42. The van der Waals surface area contributed by atoms with Gasteiger partial charge < -0.3 is 36.9 Å². The lowest BCUT2D eigenvalue weighted by molar-refractivity contribution is -0.145. The predicted octanol–water partition coefficient (Wildman–Crippen LogP) is 1.44. The van der Waals surface area contributed by atoms with Crippen LogP contribution < -0.4 is 21.7 Å². The Hall–Kier alpha value is -5.00. The lowest BCUT2D eigenvalue weighted by Crippen LogP contribution is -2.59. The minimum absolute atomic E-state index is 0.0336. The summed E-state index contributed by atoms with van der Waals surface area (Å²) in [7, 11) is 0. The van der Waals surface area contributed by atoms with Gasteiger partial charge in [-0.15, -0.1) is 0 Å². The number of benzene rings is 3. The molecule has 0 aliphatic heterocycles. The first kappa shape index (κ1) is 31.9. The molecule has 0 saturated carbocycles. The summed E-state index contributed by atoms with van der Waals surface area (Å²) in [6, 6.07) is 20.8. The summed E-state index contributed by atoms with van der Waals surface area (Å²) in [5, 5.41) is 28.1.